The molecular formula is C15H15N3O4. The van der Waals surface area contributed by atoms with Gasteiger partial charge < -0.3 is 5.48 Å². The molecule has 0 unspecified atom stereocenters. The first-order valence-corrected chi connectivity index (χ1v) is 5.43. The van der Waals surface area contributed by atoms with E-state index in [2.05, 4.69) is 48.5 Å². The lowest BCUT2D eigenvalue weighted by Crippen LogP contribution is -1.73. The van der Waals surface area contributed by atoms with Gasteiger partial charge in [0, 0.05) is 0 Å². The Morgan fingerprint density at radius 1 is 0.545 bits per heavy atom. The minimum Gasteiger partial charge on any atom is -0.412 e. The van der Waals surface area contributed by atoms with Crippen molar-refractivity contribution < 1.29 is 19.9 Å². The van der Waals surface area contributed by atoms with Crippen LogP contribution in [-0.2, 0) is 14.4 Å². The molecule has 0 radical (unpaired) electrons. The molecule has 22 heavy (non-hydrogen) atoms. The van der Waals surface area contributed by atoms with E-state index >= 15 is 0 Å². The maximum absolute atomic E-state index is 8.35. The fourth-order valence-electron chi connectivity index (χ4n) is 1.26. The van der Waals surface area contributed by atoms with Crippen molar-refractivity contribution in [1.29, 1.82) is 16.2 Å². The lowest BCUT2D eigenvalue weighted by molar-refractivity contribution is 0.562. The van der Waals surface area contributed by atoms with Crippen molar-refractivity contribution in [3.8, 4) is 11.1 Å². The van der Waals surface area contributed by atoms with E-state index in [1.165, 1.54) is 11.1 Å². The average molecular weight is 301 g/mol. The molecule has 7 heteroatoms. The van der Waals surface area contributed by atoms with Gasteiger partial charge in [-0.25, -0.2) is 30.6 Å². The van der Waals surface area contributed by atoms with Crippen LogP contribution in [0.3, 0.4) is 0 Å². The Labute approximate surface area is 127 Å². The summed E-state index contributed by atoms with van der Waals surface area (Å²) in [6, 6.07) is 20.8. The minimum absolute atomic E-state index is 0. The van der Waals surface area contributed by atoms with Crippen molar-refractivity contribution in [2.24, 2.45) is 0 Å². The molecule has 0 aliphatic carbocycles. The molecule has 2 aromatic carbocycles. The monoisotopic (exact) mass is 301 g/mol. The number of isocyanates is 3. The highest BCUT2D eigenvalue weighted by atomic mass is 16.1. The molecule has 0 amide bonds. The average Bonchev–Trinajstić information content (AvgIpc) is 2.51. The van der Waals surface area contributed by atoms with Gasteiger partial charge in [0.05, 0.1) is 0 Å². The van der Waals surface area contributed by atoms with Crippen LogP contribution in [-0.4, -0.2) is 23.7 Å². The summed E-state index contributed by atoms with van der Waals surface area (Å²) >= 11 is 0. The van der Waals surface area contributed by atoms with E-state index in [1.807, 2.05) is 12.1 Å². The van der Waals surface area contributed by atoms with Crippen LogP contribution in [0.15, 0.2) is 60.7 Å². The van der Waals surface area contributed by atoms with Gasteiger partial charge in [0.15, 0.2) is 0 Å². The van der Waals surface area contributed by atoms with Gasteiger partial charge in [0.1, 0.15) is 0 Å². The Morgan fingerprint density at radius 2 is 0.727 bits per heavy atom. The van der Waals surface area contributed by atoms with Gasteiger partial charge in [0.2, 0.25) is 18.2 Å². The fraction of sp³-hybridized carbons (Fsp3) is 0. The molecule has 0 aliphatic heterocycles. The van der Waals surface area contributed by atoms with E-state index in [-0.39, 0.29) is 5.48 Å². The largest absolute Gasteiger partial charge is 0.412 e. The van der Waals surface area contributed by atoms with Gasteiger partial charge in [-0.05, 0) is 11.1 Å². The maximum Gasteiger partial charge on any atom is 0.231 e. The van der Waals surface area contributed by atoms with E-state index in [4.69, 9.17) is 30.6 Å². The predicted molar refractivity (Wildman–Crippen MR) is 80.7 cm³/mol. The summed E-state index contributed by atoms with van der Waals surface area (Å²) < 4.78 is 0. The minimum atomic E-state index is 0. The van der Waals surface area contributed by atoms with Crippen LogP contribution in [0.4, 0.5) is 0 Å². The third-order valence-electron chi connectivity index (χ3n) is 1.88. The summed E-state index contributed by atoms with van der Waals surface area (Å²) in [7, 11) is 0. The summed E-state index contributed by atoms with van der Waals surface area (Å²) in [5.41, 5.74) is 2.55. The Bertz CT molecular complexity index is 517. The lowest BCUT2D eigenvalue weighted by atomic mass is 10.1. The van der Waals surface area contributed by atoms with Crippen LogP contribution in [0.25, 0.3) is 11.1 Å². The maximum atomic E-state index is 8.35. The highest BCUT2D eigenvalue weighted by Gasteiger charge is 1.91. The molecule has 0 heterocycles. The Morgan fingerprint density at radius 3 is 0.909 bits per heavy atom. The van der Waals surface area contributed by atoms with Gasteiger partial charge in [-0.15, -0.1) is 0 Å². The standard InChI is InChI=1S/C12H10.3CHNO.H2O/c1-3-7-11(8-4-1)12-9-5-2-6-10-12;3*2-1-3;/h1-10H;3*2H;1H2. The number of nitrogens with one attached hydrogen (secondary N) is 3. The van der Waals surface area contributed by atoms with Gasteiger partial charge in [-0.2, -0.15) is 0 Å². The van der Waals surface area contributed by atoms with Crippen molar-refractivity contribution in [3.63, 3.8) is 0 Å². The van der Waals surface area contributed by atoms with Gasteiger partial charge in [-0.3, -0.25) is 0 Å². The van der Waals surface area contributed by atoms with E-state index < -0.39 is 0 Å². The first-order valence-electron chi connectivity index (χ1n) is 5.43. The lowest BCUT2D eigenvalue weighted by Gasteiger charge is -1.98. The number of carbonyl (C=O) groups excluding carboxylic acids is 3. The normalized spacial score (nSPS) is 6.36. The quantitative estimate of drug-likeness (QED) is 0.546. The van der Waals surface area contributed by atoms with Gasteiger partial charge in [0.25, 0.3) is 0 Å². The van der Waals surface area contributed by atoms with Crippen LogP contribution >= 0.6 is 0 Å². The molecule has 0 fully saturated rings. The van der Waals surface area contributed by atoms with E-state index in [9.17, 15) is 0 Å². The predicted octanol–water partition coefficient (Wildman–Crippen LogP) is 2.23. The molecular weight excluding hydrogens is 286 g/mol. The topological polar surface area (TPSA) is 154 Å². The van der Waals surface area contributed by atoms with Crippen LogP contribution in [0.2, 0.25) is 0 Å². The van der Waals surface area contributed by atoms with E-state index in [0.29, 0.717) is 0 Å². The van der Waals surface area contributed by atoms with Crippen molar-refractivity contribution in [2.45, 2.75) is 0 Å². The second-order valence-corrected chi connectivity index (χ2v) is 3.04. The smallest absolute Gasteiger partial charge is 0.231 e. The zero-order chi connectivity index (χ0) is 16.3. The number of benzene rings is 2. The van der Waals surface area contributed by atoms with E-state index in [0.717, 1.165) is 18.2 Å². The molecule has 0 aliphatic rings. The first-order chi connectivity index (χ1) is 10.2. The van der Waals surface area contributed by atoms with Crippen molar-refractivity contribution >= 4 is 18.2 Å². The Balaban J connectivity index is -0.000000307. The van der Waals surface area contributed by atoms with Crippen molar-refractivity contribution in [3.05, 3.63) is 60.7 Å². The molecule has 5 N–H and O–H groups in total. The molecule has 114 valence electrons. The summed E-state index contributed by atoms with van der Waals surface area (Å²) in [5.74, 6) is 0. The zero-order valence-corrected chi connectivity index (χ0v) is 11.5. The molecule has 0 spiro atoms. The zero-order valence-electron chi connectivity index (χ0n) is 11.5. The third kappa shape index (κ3) is 14.6. The van der Waals surface area contributed by atoms with Gasteiger partial charge in [-0.1, -0.05) is 60.7 Å². The molecule has 2 aromatic rings. The third-order valence-corrected chi connectivity index (χ3v) is 1.88. The molecule has 2 rings (SSSR count). The number of rotatable bonds is 1. The van der Waals surface area contributed by atoms with Crippen LogP contribution < -0.4 is 0 Å². The summed E-state index contributed by atoms with van der Waals surface area (Å²) in [5, 5.41) is 16.2. The summed E-state index contributed by atoms with van der Waals surface area (Å²) in [6.45, 7) is 0. The summed E-state index contributed by atoms with van der Waals surface area (Å²) in [6.07, 6.45) is 2.25. The molecule has 0 atom stereocenters. The van der Waals surface area contributed by atoms with Crippen LogP contribution in [0.5, 0.6) is 0 Å². The fourth-order valence-corrected chi connectivity index (χ4v) is 1.26. The molecule has 0 saturated heterocycles. The Hall–Kier alpha value is -3.46. The number of hydrogen-bond donors (Lipinski definition) is 3. The molecule has 7 nitrogen and oxygen atoms in total. The highest BCUT2D eigenvalue weighted by molar-refractivity contribution is 5.62. The van der Waals surface area contributed by atoms with Crippen LogP contribution in [0, 0.1) is 16.2 Å². The second kappa shape index (κ2) is 19.9. The van der Waals surface area contributed by atoms with Gasteiger partial charge >= 0.3 is 0 Å². The first kappa shape index (κ1) is 23.6. The Kier molecular flexibility index (Phi) is 21.3. The molecule has 0 aromatic heterocycles. The summed E-state index contributed by atoms with van der Waals surface area (Å²) in [4.78, 5) is 25.0. The molecule has 0 saturated carbocycles. The number of hydrogen-bond acceptors (Lipinski definition) is 6. The second-order valence-electron chi connectivity index (χ2n) is 3.04. The van der Waals surface area contributed by atoms with Crippen LogP contribution in [0.1, 0.15) is 0 Å². The van der Waals surface area contributed by atoms with Crippen molar-refractivity contribution in [2.75, 3.05) is 0 Å². The highest BCUT2D eigenvalue weighted by Crippen LogP contribution is 2.17. The molecule has 0 bridgehead atoms. The van der Waals surface area contributed by atoms with Crippen molar-refractivity contribution in [1.82, 2.24) is 0 Å². The SMILES string of the molecule is N=C=O.N=C=O.N=C=O.O.c1ccc(-c2ccccc2)cc1. The van der Waals surface area contributed by atoms with E-state index in [1.54, 1.807) is 0 Å².